The van der Waals surface area contributed by atoms with Crippen LogP contribution in [-0.4, -0.2) is 12.6 Å². The van der Waals surface area contributed by atoms with Crippen molar-refractivity contribution in [2.45, 2.75) is 51.7 Å². The Bertz CT molecular complexity index is 408. The van der Waals surface area contributed by atoms with Gasteiger partial charge in [-0.1, -0.05) is 19.1 Å². The lowest BCUT2D eigenvalue weighted by Crippen LogP contribution is -2.27. The van der Waals surface area contributed by atoms with Crippen LogP contribution < -0.4 is 10.1 Å². The van der Waals surface area contributed by atoms with Gasteiger partial charge in [-0.05, 0) is 61.8 Å². The van der Waals surface area contributed by atoms with E-state index >= 15 is 0 Å². The Morgan fingerprint density at radius 1 is 1.17 bits per heavy atom. The van der Waals surface area contributed by atoms with Crippen molar-refractivity contribution in [2.75, 3.05) is 6.54 Å². The van der Waals surface area contributed by atoms with Crippen LogP contribution in [0.2, 0.25) is 0 Å². The number of rotatable bonds is 2. The molecule has 1 N–H and O–H groups in total. The van der Waals surface area contributed by atoms with Gasteiger partial charge in [-0.2, -0.15) is 0 Å². The van der Waals surface area contributed by atoms with Gasteiger partial charge in [0, 0.05) is 6.54 Å². The van der Waals surface area contributed by atoms with Gasteiger partial charge < -0.3 is 10.1 Å². The number of benzene rings is 1. The second-order valence-corrected chi connectivity index (χ2v) is 5.82. The number of hydrogen-bond donors (Lipinski definition) is 1. The minimum atomic E-state index is 0.447. The van der Waals surface area contributed by atoms with Crippen LogP contribution in [0.15, 0.2) is 18.2 Å². The van der Waals surface area contributed by atoms with E-state index in [4.69, 9.17) is 4.74 Å². The predicted octanol–water partition coefficient (Wildman–Crippen LogP) is 3.29. The van der Waals surface area contributed by atoms with Gasteiger partial charge in [0.05, 0.1) is 6.10 Å². The van der Waals surface area contributed by atoms with E-state index in [0.29, 0.717) is 6.10 Å². The summed E-state index contributed by atoms with van der Waals surface area (Å²) in [6.07, 6.45) is 6.64. The minimum absolute atomic E-state index is 0.447. The number of hydrogen-bond acceptors (Lipinski definition) is 2. The van der Waals surface area contributed by atoms with Crippen LogP contribution in [0, 0.1) is 5.92 Å². The zero-order chi connectivity index (χ0) is 12.4. The van der Waals surface area contributed by atoms with Crippen LogP contribution in [0.4, 0.5) is 0 Å². The van der Waals surface area contributed by atoms with Crippen molar-refractivity contribution in [3.8, 4) is 5.75 Å². The topological polar surface area (TPSA) is 21.3 Å². The summed E-state index contributed by atoms with van der Waals surface area (Å²) >= 11 is 0. The summed E-state index contributed by atoms with van der Waals surface area (Å²) in [6, 6.07) is 6.51. The average Bonchev–Trinajstić information content (AvgIpc) is 2.42. The number of nitrogens with one attached hydrogen (secondary N) is 1. The molecule has 1 saturated carbocycles. The van der Waals surface area contributed by atoms with Crippen molar-refractivity contribution in [3.63, 3.8) is 0 Å². The predicted molar refractivity (Wildman–Crippen MR) is 73.9 cm³/mol. The van der Waals surface area contributed by atoms with Gasteiger partial charge in [0.1, 0.15) is 5.75 Å². The summed E-state index contributed by atoms with van der Waals surface area (Å²) in [4.78, 5) is 0. The van der Waals surface area contributed by atoms with Crippen LogP contribution >= 0.6 is 0 Å². The molecule has 0 radical (unpaired) electrons. The van der Waals surface area contributed by atoms with Crippen LogP contribution in [0.1, 0.15) is 43.7 Å². The lowest BCUT2D eigenvalue weighted by Gasteiger charge is -2.29. The van der Waals surface area contributed by atoms with Crippen molar-refractivity contribution in [3.05, 3.63) is 29.3 Å². The van der Waals surface area contributed by atoms with Gasteiger partial charge in [0.15, 0.2) is 0 Å². The molecule has 0 atom stereocenters. The highest BCUT2D eigenvalue weighted by Gasteiger charge is 2.21. The average molecular weight is 245 g/mol. The van der Waals surface area contributed by atoms with Crippen molar-refractivity contribution in [1.82, 2.24) is 5.32 Å². The van der Waals surface area contributed by atoms with Gasteiger partial charge in [-0.3, -0.25) is 0 Å². The highest BCUT2D eigenvalue weighted by atomic mass is 16.5. The molecule has 0 bridgehead atoms. The highest BCUT2D eigenvalue weighted by molar-refractivity contribution is 5.41. The molecule has 2 heteroatoms. The van der Waals surface area contributed by atoms with Crippen LogP contribution in [-0.2, 0) is 13.0 Å². The highest BCUT2D eigenvalue weighted by Crippen LogP contribution is 2.31. The second-order valence-electron chi connectivity index (χ2n) is 5.82. The Morgan fingerprint density at radius 3 is 2.83 bits per heavy atom. The Morgan fingerprint density at radius 2 is 2.00 bits per heavy atom. The quantitative estimate of drug-likeness (QED) is 0.863. The maximum Gasteiger partial charge on any atom is 0.123 e. The first kappa shape index (κ1) is 12.0. The van der Waals surface area contributed by atoms with Crippen molar-refractivity contribution < 1.29 is 4.74 Å². The van der Waals surface area contributed by atoms with Crippen LogP contribution in [0.5, 0.6) is 5.75 Å². The van der Waals surface area contributed by atoms with Crippen molar-refractivity contribution in [2.24, 2.45) is 5.92 Å². The summed E-state index contributed by atoms with van der Waals surface area (Å²) < 4.78 is 6.27. The molecule has 2 aliphatic rings. The molecule has 0 saturated heterocycles. The molecule has 0 unspecified atom stereocenters. The minimum Gasteiger partial charge on any atom is -0.490 e. The molecule has 1 heterocycles. The number of fused-ring (bicyclic) bond motifs is 1. The van der Waals surface area contributed by atoms with E-state index in [-0.39, 0.29) is 0 Å². The van der Waals surface area contributed by atoms with Gasteiger partial charge in [0.25, 0.3) is 0 Å². The molecular weight excluding hydrogens is 222 g/mol. The standard InChI is InChI=1S/C16H23NO/c1-12-5-7-14(8-6-12)18-16-4-2-3-13-11-17-10-9-15(13)16/h2-4,12,14,17H,5-11H2,1H3. The third-order valence-corrected chi connectivity index (χ3v) is 4.35. The molecular formula is C16H23NO. The van der Waals surface area contributed by atoms with E-state index in [1.54, 1.807) is 0 Å². The van der Waals surface area contributed by atoms with Crippen LogP contribution in [0.3, 0.4) is 0 Å². The van der Waals surface area contributed by atoms with E-state index in [1.165, 1.54) is 36.8 Å². The molecule has 1 aromatic rings. The molecule has 1 aromatic carbocycles. The molecule has 18 heavy (non-hydrogen) atoms. The smallest absolute Gasteiger partial charge is 0.123 e. The Kier molecular flexibility index (Phi) is 3.55. The molecule has 1 aliphatic carbocycles. The molecule has 0 amide bonds. The van der Waals surface area contributed by atoms with E-state index in [2.05, 4.69) is 30.4 Å². The van der Waals surface area contributed by atoms with E-state index in [0.717, 1.165) is 31.2 Å². The fourth-order valence-electron chi connectivity index (χ4n) is 3.13. The van der Waals surface area contributed by atoms with Crippen molar-refractivity contribution >= 4 is 0 Å². The summed E-state index contributed by atoms with van der Waals surface area (Å²) in [7, 11) is 0. The zero-order valence-electron chi connectivity index (χ0n) is 11.2. The summed E-state index contributed by atoms with van der Waals surface area (Å²) in [5.41, 5.74) is 2.86. The SMILES string of the molecule is CC1CCC(Oc2cccc3c2CCNC3)CC1. The molecule has 2 nitrogen and oxygen atoms in total. The Balaban J connectivity index is 1.72. The first-order valence-electron chi connectivity index (χ1n) is 7.31. The van der Waals surface area contributed by atoms with Gasteiger partial charge in [-0.15, -0.1) is 0 Å². The van der Waals surface area contributed by atoms with Crippen molar-refractivity contribution in [1.29, 1.82) is 0 Å². The fraction of sp³-hybridized carbons (Fsp3) is 0.625. The van der Waals surface area contributed by atoms with E-state index in [9.17, 15) is 0 Å². The normalized spacial score (nSPS) is 27.6. The van der Waals surface area contributed by atoms with Gasteiger partial charge in [-0.25, -0.2) is 0 Å². The summed E-state index contributed by atoms with van der Waals surface area (Å²) in [5.74, 6) is 2.03. The first-order chi connectivity index (χ1) is 8.83. The summed E-state index contributed by atoms with van der Waals surface area (Å²) in [6.45, 7) is 4.43. The zero-order valence-corrected chi connectivity index (χ0v) is 11.2. The maximum absolute atomic E-state index is 6.27. The largest absolute Gasteiger partial charge is 0.490 e. The van der Waals surface area contributed by atoms with Crippen LogP contribution in [0.25, 0.3) is 0 Å². The van der Waals surface area contributed by atoms with Gasteiger partial charge in [0.2, 0.25) is 0 Å². The monoisotopic (exact) mass is 245 g/mol. The van der Waals surface area contributed by atoms with E-state index < -0.39 is 0 Å². The van der Waals surface area contributed by atoms with Gasteiger partial charge >= 0.3 is 0 Å². The fourth-order valence-corrected chi connectivity index (χ4v) is 3.13. The number of ether oxygens (including phenoxy) is 1. The first-order valence-corrected chi connectivity index (χ1v) is 7.31. The molecule has 0 aromatic heterocycles. The third-order valence-electron chi connectivity index (χ3n) is 4.35. The second kappa shape index (κ2) is 5.31. The third kappa shape index (κ3) is 2.54. The molecule has 0 spiro atoms. The van der Waals surface area contributed by atoms with E-state index in [1.807, 2.05) is 0 Å². The molecule has 1 aliphatic heterocycles. The summed E-state index contributed by atoms with van der Waals surface area (Å²) in [5, 5.41) is 3.42. The maximum atomic E-state index is 6.27. The molecule has 98 valence electrons. The molecule has 3 rings (SSSR count). The Hall–Kier alpha value is -1.02. The lowest BCUT2D eigenvalue weighted by atomic mass is 9.89. The Labute approximate surface area is 110 Å². The lowest BCUT2D eigenvalue weighted by molar-refractivity contribution is 0.134. The molecule has 1 fully saturated rings.